The van der Waals surface area contributed by atoms with Crippen LogP contribution in [0.1, 0.15) is 82.1 Å². The van der Waals surface area contributed by atoms with Crippen molar-refractivity contribution in [1.29, 1.82) is 0 Å². The van der Waals surface area contributed by atoms with Crippen LogP contribution in [-0.2, 0) is 17.8 Å². The van der Waals surface area contributed by atoms with Crippen molar-refractivity contribution in [3.05, 3.63) is 137 Å². The second kappa shape index (κ2) is 14.6. The molecule has 4 aromatic carbocycles. The lowest BCUT2D eigenvalue weighted by atomic mass is 9.69. The number of rotatable bonds is 10. The summed E-state index contributed by atoms with van der Waals surface area (Å²) in [6.45, 7) is 10.3. The Balaban J connectivity index is 0.738. The van der Waals surface area contributed by atoms with E-state index in [0.717, 1.165) is 86.4 Å². The predicted molar refractivity (Wildman–Crippen MR) is 211 cm³/mol. The molecule has 3 aliphatic heterocycles. The number of phenols is 1. The fourth-order valence-electron chi connectivity index (χ4n) is 9.54. The van der Waals surface area contributed by atoms with E-state index in [-0.39, 0.29) is 17.7 Å². The highest BCUT2D eigenvalue weighted by Gasteiger charge is 2.39. The maximum Gasteiger partial charge on any atom is 0.255 e. The van der Waals surface area contributed by atoms with Crippen molar-refractivity contribution < 1.29 is 19.4 Å². The minimum absolute atomic E-state index is 0.0442. The fourth-order valence-corrected chi connectivity index (χ4v) is 9.54. The Morgan fingerprint density at radius 3 is 2.43 bits per heavy atom. The topological polar surface area (TPSA) is 85.4 Å². The van der Waals surface area contributed by atoms with E-state index in [9.17, 15) is 14.7 Å². The van der Waals surface area contributed by atoms with Gasteiger partial charge in [0.25, 0.3) is 5.91 Å². The second-order valence-corrected chi connectivity index (χ2v) is 16.1. The number of aryl methyl sites for hydroxylation is 1. The zero-order valence-electron chi connectivity index (χ0n) is 31.0. The van der Waals surface area contributed by atoms with Crippen LogP contribution >= 0.6 is 0 Å². The molecule has 8 heteroatoms. The van der Waals surface area contributed by atoms with E-state index in [1.54, 1.807) is 4.90 Å². The van der Waals surface area contributed by atoms with Gasteiger partial charge in [-0.3, -0.25) is 14.5 Å². The van der Waals surface area contributed by atoms with Gasteiger partial charge >= 0.3 is 0 Å². The van der Waals surface area contributed by atoms with E-state index in [4.69, 9.17) is 4.74 Å². The van der Waals surface area contributed by atoms with E-state index in [1.807, 2.05) is 18.2 Å². The Labute approximate surface area is 318 Å². The van der Waals surface area contributed by atoms with Gasteiger partial charge in [-0.15, -0.1) is 0 Å². The van der Waals surface area contributed by atoms with Crippen molar-refractivity contribution in [1.82, 2.24) is 15.1 Å². The molecular weight excluding hydrogens is 673 g/mol. The number of fused-ring (bicyclic) bond motifs is 2. The number of phenolic OH excluding ortho intramolecular Hbond substituents is 1. The molecule has 0 aromatic heterocycles. The molecule has 2 aliphatic carbocycles. The van der Waals surface area contributed by atoms with Gasteiger partial charge in [0.1, 0.15) is 17.5 Å². The summed E-state index contributed by atoms with van der Waals surface area (Å²) in [7, 11) is 0. The number of carbonyl (C=O) groups is 2. The van der Waals surface area contributed by atoms with Gasteiger partial charge in [0, 0.05) is 55.6 Å². The summed E-state index contributed by atoms with van der Waals surface area (Å²) >= 11 is 0. The quantitative estimate of drug-likeness (QED) is 0.180. The molecule has 2 amide bonds. The van der Waals surface area contributed by atoms with Crippen LogP contribution in [0.3, 0.4) is 0 Å². The molecular formula is C46H50N4O4. The maximum atomic E-state index is 13.2. The summed E-state index contributed by atoms with van der Waals surface area (Å²) in [5.41, 5.74) is 8.86. The Morgan fingerprint density at radius 1 is 0.815 bits per heavy atom. The standard InChI is InChI=1S/C46H50N4O4/c1-30-7-18-43(45(52)47-30)50-28-35-26-37(11-16-42(35)46(50)53)49-23-21-48(22-24-49)20-19-33-25-36(33)29-54-39-13-8-32(9-14-39)44-40(31-5-3-2-4-6-31)15-10-34-27-38(51)12-17-41(34)44/h2-6,8-9,11-14,16-17,26-27,33,36,40,43-44,51H,1,7,10,15,18-25,28-29H2,(H,47,52)/t33-,36-,40+,43?,44-/m0/s1. The smallest absolute Gasteiger partial charge is 0.255 e. The molecule has 5 aliphatic rings. The van der Waals surface area contributed by atoms with Crippen molar-refractivity contribution >= 4 is 17.5 Å². The number of anilines is 1. The van der Waals surface area contributed by atoms with Gasteiger partial charge in [0.05, 0.1) is 6.61 Å². The van der Waals surface area contributed by atoms with Gasteiger partial charge in [0.2, 0.25) is 5.91 Å². The number of piperidine rings is 1. The van der Waals surface area contributed by atoms with Crippen molar-refractivity contribution in [2.75, 3.05) is 44.2 Å². The minimum Gasteiger partial charge on any atom is -0.508 e. The zero-order valence-corrected chi connectivity index (χ0v) is 31.0. The SMILES string of the molecule is C=C1CCC(N2Cc3cc(N4CCN(CC[C@H]5C[C@H]5COc5ccc([C@@H]6c7ccc(O)cc7CC[C@@H]6c6ccccc6)cc5)CC4)ccc3C2=O)C(=O)N1. The molecule has 8 nitrogen and oxygen atoms in total. The molecule has 2 N–H and O–H groups in total. The highest BCUT2D eigenvalue weighted by molar-refractivity contribution is 6.01. The van der Waals surface area contributed by atoms with Gasteiger partial charge in [-0.1, -0.05) is 55.1 Å². The second-order valence-electron chi connectivity index (χ2n) is 16.1. The molecule has 0 bridgehead atoms. The summed E-state index contributed by atoms with van der Waals surface area (Å²) in [6, 6.07) is 31.3. The third kappa shape index (κ3) is 7.00. The number of ether oxygens (including phenoxy) is 1. The maximum absolute atomic E-state index is 13.2. The highest BCUT2D eigenvalue weighted by atomic mass is 16.5. The minimum atomic E-state index is -0.427. The average molecular weight is 723 g/mol. The first-order valence-corrected chi connectivity index (χ1v) is 19.9. The van der Waals surface area contributed by atoms with Crippen molar-refractivity contribution in [3.8, 4) is 11.5 Å². The first-order valence-electron chi connectivity index (χ1n) is 19.9. The summed E-state index contributed by atoms with van der Waals surface area (Å²) in [5, 5.41) is 13.0. The van der Waals surface area contributed by atoms with Crippen LogP contribution < -0.4 is 15.0 Å². The Kier molecular flexibility index (Phi) is 9.39. The van der Waals surface area contributed by atoms with Gasteiger partial charge in [-0.2, -0.15) is 0 Å². The molecule has 2 saturated heterocycles. The van der Waals surface area contributed by atoms with Crippen LogP contribution in [0.25, 0.3) is 0 Å². The van der Waals surface area contributed by atoms with Crippen LogP contribution in [-0.4, -0.2) is 72.1 Å². The number of aromatic hydroxyl groups is 1. The third-order valence-electron chi connectivity index (χ3n) is 12.8. The lowest BCUT2D eigenvalue weighted by molar-refractivity contribution is -0.126. The predicted octanol–water partition coefficient (Wildman–Crippen LogP) is 7.23. The van der Waals surface area contributed by atoms with E-state index < -0.39 is 6.04 Å². The van der Waals surface area contributed by atoms with Gasteiger partial charge in [-0.25, -0.2) is 0 Å². The van der Waals surface area contributed by atoms with Crippen LogP contribution in [0.5, 0.6) is 11.5 Å². The lowest BCUT2D eigenvalue weighted by Crippen LogP contribution is -2.49. The molecule has 278 valence electrons. The number of amides is 2. The number of allylic oxidation sites excluding steroid dienone is 1. The number of nitrogens with zero attached hydrogens (tertiary/aromatic N) is 3. The number of carbonyl (C=O) groups excluding carboxylic acids is 2. The van der Waals surface area contributed by atoms with Crippen molar-refractivity contribution in [2.24, 2.45) is 11.8 Å². The van der Waals surface area contributed by atoms with Crippen LogP contribution in [0.2, 0.25) is 0 Å². The van der Waals surface area contributed by atoms with Crippen LogP contribution in [0.15, 0.2) is 103 Å². The Morgan fingerprint density at radius 2 is 1.63 bits per heavy atom. The lowest BCUT2D eigenvalue weighted by Gasteiger charge is -2.36. The van der Waals surface area contributed by atoms with Gasteiger partial charge in [-0.05, 0) is 133 Å². The molecule has 1 unspecified atom stereocenters. The van der Waals surface area contributed by atoms with Crippen LogP contribution in [0.4, 0.5) is 5.69 Å². The zero-order chi connectivity index (χ0) is 36.8. The van der Waals surface area contributed by atoms with E-state index in [1.165, 1.54) is 35.1 Å². The molecule has 3 heterocycles. The number of nitrogens with one attached hydrogen (secondary N) is 1. The molecule has 3 fully saturated rings. The summed E-state index contributed by atoms with van der Waals surface area (Å²) in [4.78, 5) is 32.5. The molecule has 9 rings (SSSR count). The molecule has 0 radical (unpaired) electrons. The van der Waals surface area contributed by atoms with E-state index in [0.29, 0.717) is 37.0 Å². The molecule has 4 aromatic rings. The molecule has 5 atom stereocenters. The number of hydrogen-bond donors (Lipinski definition) is 2. The fraction of sp³-hybridized carbons (Fsp3) is 0.391. The Bertz CT molecular complexity index is 2040. The van der Waals surface area contributed by atoms with Gasteiger partial charge < -0.3 is 25.0 Å². The molecule has 54 heavy (non-hydrogen) atoms. The first-order chi connectivity index (χ1) is 26.4. The third-order valence-corrected chi connectivity index (χ3v) is 12.8. The first kappa shape index (κ1) is 34.7. The molecule has 1 saturated carbocycles. The normalized spacial score (nSPS) is 25.3. The number of benzene rings is 4. The number of piperazine rings is 1. The van der Waals surface area contributed by atoms with E-state index >= 15 is 0 Å². The summed E-state index contributed by atoms with van der Waals surface area (Å²) in [5.74, 6) is 3.10. The van der Waals surface area contributed by atoms with Crippen LogP contribution in [0, 0.1) is 11.8 Å². The summed E-state index contributed by atoms with van der Waals surface area (Å²) in [6.07, 6.45) is 5.81. The largest absolute Gasteiger partial charge is 0.508 e. The number of hydrogen-bond acceptors (Lipinski definition) is 6. The van der Waals surface area contributed by atoms with Gasteiger partial charge in [0.15, 0.2) is 0 Å². The highest BCUT2D eigenvalue weighted by Crippen LogP contribution is 2.47. The summed E-state index contributed by atoms with van der Waals surface area (Å²) < 4.78 is 6.34. The van der Waals surface area contributed by atoms with E-state index in [2.05, 4.69) is 94.5 Å². The Hall–Kier alpha value is -5.08. The average Bonchev–Trinajstić information content (AvgIpc) is 3.88. The van der Waals surface area contributed by atoms with Crippen molar-refractivity contribution in [2.45, 2.75) is 62.9 Å². The van der Waals surface area contributed by atoms with Crippen molar-refractivity contribution in [3.63, 3.8) is 0 Å². The monoisotopic (exact) mass is 722 g/mol. The molecule has 0 spiro atoms.